The molecular formula is C22H32N4O6. The van der Waals surface area contributed by atoms with Gasteiger partial charge in [-0.2, -0.15) is 0 Å². The number of ether oxygens (including phenoxy) is 1. The molecular weight excluding hydrogens is 416 g/mol. The zero-order chi connectivity index (χ0) is 24.1. The van der Waals surface area contributed by atoms with Crippen molar-refractivity contribution in [3.8, 4) is 0 Å². The maximum Gasteiger partial charge on any atom is 0.328 e. The van der Waals surface area contributed by atoms with Crippen LogP contribution in [0.3, 0.4) is 0 Å². The van der Waals surface area contributed by atoms with Crippen LogP contribution in [0, 0.1) is 0 Å². The summed E-state index contributed by atoms with van der Waals surface area (Å²) >= 11 is 0. The van der Waals surface area contributed by atoms with Crippen LogP contribution in [0.1, 0.15) is 50.4 Å². The summed E-state index contributed by atoms with van der Waals surface area (Å²) in [6, 6.07) is 6.17. The van der Waals surface area contributed by atoms with Gasteiger partial charge in [-0.3, -0.25) is 19.2 Å². The molecule has 10 heteroatoms. The molecule has 0 spiro atoms. The number of rotatable bonds is 12. The fraction of sp³-hybridized carbons (Fsp3) is 0.500. The van der Waals surface area contributed by atoms with Gasteiger partial charge in [0.15, 0.2) is 0 Å². The lowest BCUT2D eigenvalue weighted by molar-refractivity contribution is -0.144. The normalized spacial score (nSPS) is 13.1. The highest BCUT2D eigenvalue weighted by Crippen LogP contribution is 2.04. The molecule has 0 radical (unpaired) electrons. The molecule has 1 aromatic carbocycles. The maximum absolute atomic E-state index is 12.6. The average molecular weight is 449 g/mol. The molecule has 10 nitrogen and oxygen atoms in total. The van der Waals surface area contributed by atoms with E-state index in [0.29, 0.717) is 24.9 Å². The summed E-state index contributed by atoms with van der Waals surface area (Å²) in [7, 11) is 1.21. The average Bonchev–Trinajstić information content (AvgIpc) is 2.77. The topological polar surface area (TPSA) is 143 Å². The Morgan fingerprint density at radius 2 is 1.53 bits per heavy atom. The molecule has 0 bridgehead atoms. The third-order valence-corrected chi connectivity index (χ3v) is 4.60. The lowest BCUT2D eigenvalue weighted by atomic mass is 10.1. The highest BCUT2D eigenvalue weighted by atomic mass is 16.5. The molecule has 0 fully saturated rings. The van der Waals surface area contributed by atoms with Gasteiger partial charge in [0.25, 0.3) is 5.91 Å². The smallest absolute Gasteiger partial charge is 0.328 e. The van der Waals surface area contributed by atoms with Crippen molar-refractivity contribution in [3.63, 3.8) is 0 Å². The van der Waals surface area contributed by atoms with Crippen LogP contribution in [-0.2, 0) is 23.9 Å². The predicted octanol–water partition coefficient (Wildman–Crippen LogP) is 0.274. The summed E-state index contributed by atoms with van der Waals surface area (Å²) < 4.78 is 4.60. The molecule has 4 N–H and O–H groups in total. The molecule has 3 atom stereocenters. The van der Waals surface area contributed by atoms with Gasteiger partial charge in [-0.25, -0.2) is 4.79 Å². The maximum atomic E-state index is 12.6. The molecule has 0 aromatic heterocycles. The van der Waals surface area contributed by atoms with Crippen LogP contribution in [0.5, 0.6) is 0 Å². The number of methoxy groups -OCH3 is 1. The third kappa shape index (κ3) is 9.59. The number of hydrogen-bond acceptors (Lipinski definition) is 6. The fourth-order valence-corrected chi connectivity index (χ4v) is 2.85. The molecule has 0 aliphatic rings. The number of hydrogen-bond donors (Lipinski definition) is 4. The van der Waals surface area contributed by atoms with Gasteiger partial charge in [-0.15, -0.1) is 0 Å². The Morgan fingerprint density at radius 1 is 0.875 bits per heavy atom. The van der Waals surface area contributed by atoms with Crippen LogP contribution in [-0.4, -0.2) is 61.4 Å². The van der Waals surface area contributed by atoms with Crippen LogP contribution >= 0.6 is 0 Å². The van der Waals surface area contributed by atoms with Crippen LogP contribution in [0.2, 0.25) is 0 Å². The van der Waals surface area contributed by atoms with Gasteiger partial charge in [-0.1, -0.05) is 18.2 Å². The van der Waals surface area contributed by atoms with E-state index in [4.69, 9.17) is 0 Å². The van der Waals surface area contributed by atoms with E-state index in [1.807, 2.05) is 6.07 Å². The Bertz CT molecular complexity index is 799. The molecule has 1 aromatic rings. The molecule has 0 saturated carbocycles. The van der Waals surface area contributed by atoms with Crippen molar-refractivity contribution in [1.29, 1.82) is 0 Å². The second-order valence-electron chi connectivity index (χ2n) is 7.35. The Balaban J connectivity index is 2.62. The van der Waals surface area contributed by atoms with E-state index < -0.39 is 35.9 Å². The molecule has 0 aliphatic heterocycles. The lowest BCUT2D eigenvalue weighted by Crippen LogP contribution is -2.54. The van der Waals surface area contributed by atoms with Crippen LogP contribution in [0.15, 0.2) is 30.3 Å². The molecule has 32 heavy (non-hydrogen) atoms. The van der Waals surface area contributed by atoms with Crippen LogP contribution in [0.25, 0.3) is 0 Å². The van der Waals surface area contributed by atoms with Gasteiger partial charge in [-0.05, 0) is 45.2 Å². The second-order valence-corrected chi connectivity index (χ2v) is 7.35. The van der Waals surface area contributed by atoms with Crippen molar-refractivity contribution >= 4 is 29.6 Å². The summed E-state index contributed by atoms with van der Waals surface area (Å²) in [5, 5.41) is 10.4. The number of nitrogens with one attached hydrogen (secondary N) is 4. The van der Waals surface area contributed by atoms with E-state index >= 15 is 0 Å². The summed E-state index contributed by atoms with van der Waals surface area (Å²) in [4.78, 5) is 59.8. The highest BCUT2D eigenvalue weighted by Gasteiger charge is 2.26. The van der Waals surface area contributed by atoms with Crippen molar-refractivity contribution in [3.05, 3.63) is 35.9 Å². The summed E-state index contributed by atoms with van der Waals surface area (Å²) in [5.74, 6) is -2.24. The fourth-order valence-electron chi connectivity index (χ4n) is 2.85. The van der Waals surface area contributed by atoms with Gasteiger partial charge in [0.1, 0.15) is 18.1 Å². The van der Waals surface area contributed by atoms with Gasteiger partial charge in [0.2, 0.25) is 17.7 Å². The van der Waals surface area contributed by atoms with Crippen molar-refractivity contribution in [2.75, 3.05) is 13.7 Å². The van der Waals surface area contributed by atoms with Gasteiger partial charge in [0, 0.05) is 19.0 Å². The van der Waals surface area contributed by atoms with Gasteiger partial charge < -0.3 is 26.0 Å². The Kier molecular flexibility index (Phi) is 11.5. The first-order valence-electron chi connectivity index (χ1n) is 10.4. The monoisotopic (exact) mass is 448 g/mol. The molecule has 176 valence electrons. The third-order valence-electron chi connectivity index (χ3n) is 4.60. The van der Waals surface area contributed by atoms with E-state index in [0.717, 1.165) is 0 Å². The van der Waals surface area contributed by atoms with Gasteiger partial charge in [0.05, 0.1) is 7.11 Å². The number of carbonyl (C=O) groups excluding carboxylic acids is 5. The van der Waals surface area contributed by atoms with Crippen molar-refractivity contribution < 1.29 is 28.7 Å². The van der Waals surface area contributed by atoms with E-state index in [9.17, 15) is 24.0 Å². The second kappa shape index (κ2) is 13.8. The number of amides is 4. The minimum atomic E-state index is -0.921. The summed E-state index contributed by atoms with van der Waals surface area (Å²) in [5.41, 5.74) is 0.556. The predicted molar refractivity (Wildman–Crippen MR) is 117 cm³/mol. The molecule has 0 saturated heterocycles. The zero-order valence-electron chi connectivity index (χ0n) is 18.9. The molecule has 0 heterocycles. The lowest BCUT2D eigenvalue weighted by Gasteiger charge is -2.22. The van der Waals surface area contributed by atoms with Crippen LogP contribution < -0.4 is 21.3 Å². The number of unbranched alkanes of at least 4 members (excludes halogenated alkanes) is 1. The van der Waals surface area contributed by atoms with Crippen LogP contribution in [0.4, 0.5) is 0 Å². The molecule has 0 aliphatic carbocycles. The standard InChI is InChI=1S/C22H32N4O6/c1-14(24-16(3)27)19(28)26-18(21(30)25-15(2)22(31)32-4)12-8-9-13-23-20(29)17-10-6-5-7-11-17/h5-7,10-11,14-15,18H,8-9,12-13H2,1-4H3,(H,23,29)(H,24,27)(H,25,30)(H,26,28)/t14-,15-,18-/m0/s1. The molecule has 4 amide bonds. The Hall–Kier alpha value is -3.43. The first-order valence-corrected chi connectivity index (χ1v) is 10.4. The minimum Gasteiger partial charge on any atom is -0.467 e. The summed E-state index contributed by atoms with van der Waals surface area (Å²) in [6.45, 7) is 4.66. The molecule has 1 rings (SSSR count). The zero-order valence-corrected chi connectivity index (χ0v) is 18.9. The Morgan fingerprint density at radius 3 is 2.12 bits per heavy atom. The SMILES string of the molecule is COC(=O)[C@H](C)NC(=O)[C@H](CCCCNC(=O)c1ccccc1)NC(=O)[C@H](C)NC(C)=O. The first-order chi connectivity index (χ1) is 15.1. The quantitative estimate of drug-likeness (QED) is 0.267. The Labute approximate surface area is 187 Å². The van der Waals surface area contributed by atoms with Crippen molar-refractivity contribution in [2.45, 2.75) is 58.2 Å². The number of esters is 1. The van der Waals surface area contributed by atoms with Crippen molar-refractivity contribution in [1.82, 2.24) is 21.3 Å². The molecule has 0 unspecified atom stereocenters. The minimum absolute atomic E-state index is 0.191. The summed E-state index contributed by atoms with van der Waals surface area (Å²) in [6.07, 6.45) is 1.38. The largest absolute Gasteiger partial charge is 0.467 e. The number of benzene rings is 1. The van der Waals surface area contributed by atoms with E-state index in [-0.39, 0.29) is 18.2 Å². The van der Waals surface area contributed by atoms with Gasteiger partial charge >= 0.3 is 5.97 Å². The van der Waals surface area contributed by atoms with Crippen molar-refractivity contribution in [2.24, 2.45) is 0 Å². The highest BCUT2D eigenvalue weighted by molar-refractivity contribution is 5.94. The van der Waals surface area contributed by atoms with E-state index in [2.05, 4.69) is 26.0 Å². The number of carbonyl (C=O) groups is 5. The van der Waals surface area contributed by atoms with E-state index in [1.165, 1.54) is 27.9 Å². The first kappa shape index (κ1) is 26.6. The van der Waals surface area contributed by atoms with E-state index in [1.54, 1.807) is 24.3 Å².